The van der Waals surface area contributed by atoms with Crippen molar-refractivity contribution < 1.29 is 24.0 Å². The highest BCUT2D eigenvalue weighted by Crippen LogP contribution is 2.25. The van der Waals surface area contributed by atoms with Gasteiger partial charge in [-0.3, -0.25) is 0 Å². The van der Waals surface area contributed by atoms with E-state index in [0.29, 0.717) is 6.61 Å². The maximum Gasteiger partial charge on any atom is 0.466 e. The molecule has 2 aromatic rings. The van der Waals surface area contributed by atoms with Crippen molar-refractivity contribution in [1.82, 2.24) is 0 Å². The van der Waals surface area contributed by atoms with Gasteiger partial charge in [-0.25, -0.2) is 4.57 Å². The zero-order valence-corrected chi connectivity index (χ0v) is 13.8. The number of aryl methyl sites for hydroxylation is 1. The molecule has 0 heterocycles. The Labute approximate surface area is 135 Å². The standard InChI is InChI=1S/C16H19NO.H3O4P/c1-13-6-5-9-15(12-13)18-11-10-16(17)14-7-3-2-4-8-14;1-5(2,3)4/h2-9,12,16H,10-11,17H2,1H3;(H3,1,2,3,4). The molecule has 6 nitrogen and oxygen atoms in total. The van der Waals surface area contributed by atoms with Gasteiger partial charge in [0.1, 0.15) is 5.75 Å². The van der Waals surface area contributed by atoms with Crippen LogP contribution in [0, 0.1) is 6.92 Å². The molecular weight excluding hydrogens is 317 g/mol. The zero-order chi connectivity index (χ0) is 17.3. The van der Waals surface area contributed by atoms with E-state index in [1.54, 1.807) is 0 Å². The molecule has 0 bridgehead atoms. The summed E-state index contributed by atoms with van der Waals surface area (Å²) in [6.07, 6.45) is 0.817. The Bertz CT molecular complexity index is 621. The predicted octanol–water partition coefficient (Wildman–Crippen LogP) is 2.54. The lowest BCUT2D eigenvalue weighted by Crippen LogP contribution is -2.14. The predicted molar refractivity (Wildman–Crippen MR) is 88.9 cm³/mol. The fraction of sp³-hybridized carbons (Fsp3) is 0.250. The molecule has 126 valence electrons. The molecule has 1 unspecified atom stereocenters. The number of nitrogens with two attached hydrogens (primary N) is 1. The number of hydrogen-bond acceptors (Lipinski definition) is 3. The maximum absolute atomic E-state index is 8.88. The molecule has 23 heavy (non-hydrogen) atoms. The number of benzene rings is 2. The van der Waals surface area contributed by atoms with Crippen molar-refractivity contribution in [1.29, 1.82) is 0 Å². The van der Waals surface area contributed by atoms with E-state index < -0.39 is 7.82 Å². The molecule has 0 amide bonds. The van der Waals surface area contributed by atoms with Crippen LogP contribution in [0.3, 0.4) is 0 Å². The van der Waals surface area contributed by atoms with Gasteiger partial charge in [0.25, 0.3) is 0 Å². The van der Waals surface area contributed by atoms with Crippen LogP contribution in [-0.2, 0) is 4.57 Å². The third-order valence-corrected chi connectivity index (χ3v) is 2.91. The monoisotopic (exact) mass is 339 g/mol. The number of ether oxygens (including phenoxy) is 1. The fourth-order valence-electron chi connectivity index (χ4n) is 1.88. The summed E-state index contributed by atoms with van der Waals surface area (Å²) in [6, 6.07) is 18.2. The summed E-state index contributed by atoms with van der Waals surface area (Å²) in [5, 5.41) is 0. The lowest BCUT2D eigenvalue weighted by molar-refractivity contribution is 0.275. The number of rotatable bonds is 5. The maximum atomic E-state index is 8.88. The normalized spacial score (nSPS) is 12.0. The third-order valence-electron chi connectivity index (χ3n) is 2.91. The fourth-order valence-corrected chi connectivity index (χ4v) is 1.88. The first-order chi connectivity index (χ1) is 10.8. The smallest absolute Gasteiger partial charge is 0.466 e. The number of hydrogen-bond donors (Lipinski definition) is 4. The summed E-state index contributed by atoms with van der Waals surface area (Å²) in [7, 11) is -4.64. The van der Waals surface area contributed by atoms with Gasteiger partial charge >= 0.3 is 7.82 Å². The van der Waals surface area contributed by atoms with Gasteiger partial charge in [0.15, 0.2) is 0 Å². The average Bonchev–Trinajstić information content (AvgIpc) is 2.46. The minimum atomic E-state index is -4.64. The van der Waals surface area contributed by atoms with Crippen LogP contribution < -0.4 is 10.5 Å². The summed E-state index contributed by atoms with van der Waals surface area (Å²) < 4.78 is 14.6. The van der Waals surface area contributed by atoms with Crippen molar-refractivity contribution in [2.75, 3.05) is 6.61 Å². The van der Waals surface area contributed by atoms with Crippen LogP contribution in [0.2, 0.25) is 0 Å². The molecule has 1 atom stereocenters. The average molecular weight is 339 g/mol. The summed E-state index contributed by atoms with van der Waals surface area (Å²) in [5.41, 5.74) is 8.47. The summed E-state index contributed by atoms with van der Waals surface area (Å²) in [4.78, 5) is 21.6. The Balaban J connectivity index is 0.000000463. The lowest BCUT2D eigenvalue weighted by Gasteiger charge is -2.13. The first-order valence-corrected chi connectivity index (χ1v) is 8.60. The minimum Gasteiger partial charge on any atom is -0.494 e. The van der Waals surface area contributed by atoms with Crippen LogP contribution in [-0.4, -0.2) is 21.3 Å². The Morgan fingerprint density at radius 1 is 1.09 bits per heavy atom. The van der Waals surface area contributed by atoms with Crippen LogP contribution in [0.15, 0.2) is 54.6 Å². The Morgan fingerprint density at radius 2 is 1.70 bits per heavy atom. The van der Waals surface area contributed by atoms with Crippen molar-refractivity contribution in [3.8, 4) is 5.75 Å². The Hall–Kier alpha value is -1.69. The minimum absolute atomic E-state index is 0.0380. The zero-order valence-electron chi connectivity index (χ0n) is 12.9. The van der Waals surface area contributed by atoms with Crippen LogP contribution in [0.5, 0.6) is 5.75 Å². The van der Waals surface area contributed by atoms with Gasteiger partial charge in [0, 0.05) is 12.5 Å². The molecule has 0 aromatic heterocycles. The second kappa shape index (κ2) is 9.45. The molecule has 0 radical (unpaired) electrons. The van der Waals surface area contributed by atoms with Gasteiger partial charge in [0.2, 0.25) is 0 Å². The molecule has 7 heteroatoms. The summed E-state index contributed by atoms with van der Waals surface area (Å²) >= 11 is 0. The molecule has 0 aliphatic heterocycles. The highest BCUT2D eigenvalue weighted by Gasteiger charge is 2.05. The lowest BCUT2D eigenvalue weighted by atomic mass is 10.1. The molecule has 0 aliphatic carbocycles. The molecular formula is C16H22NO5P. The van der Waals surface area contributed by atoms with E-state index in [-0.39, 0.29) is 6.04 Å². The van der Waals surface area contributed by atoms with Crippen molar-refractivity contribution in [2.24, 2.45) is 5.73 Å². The van der Waals surface area contributed by atoms with Gasteiger partial charge in [-0.15, -0.1) is 0 Å². The highest BCUT2D eigenvalue weighted by atomic mass is 31.2. The van der Waals surface area contributed by atoms with Crippen molar-refractivity contribution >= 4 is 7.82 Å². The van der Waals surface area contributed by atoms with Crippen LogP contribution in [0.4, 0.5) is 0 Å². The SMILES string of the molecule is Cc1cccc(OCCC(N)c2ccccc2)c1.O=P(O)(O)O. The van der Waals surface area contributed by atoms with E-state index in [1.807, 2.05) is 36.4 Å². The van der Waals surface area contributed by atoms with Gasteiger partial charge < -0.3 is 25.2 Å². The molecule has 0 aliphatic rings. The highest BCUT2D eigenvalue weighted by molar-refractivity contribution is 7.45. The molecule has 2 rings (SSSR count). The second-order valence-electron chi connectivity index (χ2n) is 4.98. The van der Waals surface area contributed by atoms with E-state index in [9.17, 15) is 0 Å². The molecule has 2 aromatic carbocycles. The van der Waals surface area contributed by atoms with Crippen LogP contribution in [0.25, 0.3) is 0 Å². The number of phosphoric acid groups is 1. The van der Waals surface area contributed by atoms with Gasteiger partial charge in [-0.1, -0.05) is 42.5 Å². The Morgan fingerprint density at radius 3 is 2.26 bits per heavy atom. The first kappa shape index (κ1) is 19.4. The van der Waals surface area contributed by atoms with Crippen LogP contribution in [0.1, 0.15) is 23.6 Å². The van der Waals surface area contributed by atoms with Crippen LogP contribution >= 0.6 is 7.82 Å². The van der Waals surface area contributed by atoms with E-state index in [1.165, 1.54) is 5.56 Å². The van der Waals surface area contributed by atoms with Crippen molar-refractivity contribution in [3.63, 3.8) is 0 Å². The quantitative estimate of drug-likeness (QED) is 0.623. The summed E-state index contributed by atoms with van der Waals surface area (Å²) in [6.45, 7) is 2.70. The topological polar surface area (TPSA) is 113 Å². The molecule has 0 saturated carbocycles. The van der Waals surface area contributed by atoms with E-state index >= 15 is 0 Å². The molecule has 0 spiro atoms. The van der Waals surface area contributed by atoms with E-state index in [0.717, 1.165) is 17.7 Å². The van der Waals surface area contributed by atoms with Gasteiger partial charge in [-0.2, -0.15) is 0 Å². The second-order valence-corrected chi connectivity index (χ2v) is 6.01. The van der Waals surface area contributed by atoms with Crippen molar-refractivity contribution in [2.45, 2.75) is 19.4 Å². The molecule has 0 saturated heterocycles. The third kappa shape index (κ3) is 9.84. The van der Waals surface area contributed by atoms with Crippen molar-refractivity contribution in [3.05, 3.63) is 65.7 Å². The van der Waals surface area contributed by atoms with Gasteiger partial charge in [0.05, 0.1) is 6.61 Å². The molecule has 5 N–H and O–H groups in total. The summed E-state index contributed by atoms with van der Waals surface area (Å²) in [5.74, 6) is 0.912. The van der Waals surface area contributed by atoms with E-state index in [2.05, 4.69) is 25.1 Å². The van der Waals surface area contributed by atoms with E-state index in [4.69, 9.17) is 29.7 Å². The first-order valence-electron chi connectivity index (χ1n) is 7.04. The largest absolute Gasteiger partial charge is 0.494 e. The molecule has 0 fully saturated rings. The van der Waals surface area contributed by atoms with Gasteiger partial charge in [-0.05, 0) is 30.2 Å². The Kier molecular flexibility index (Phi) is 7.95.